The summed E-state index contributed by atoms with van der Waals surface area (Å²) < 4.78 is 1.25. The molecule has 0 amide bonds. The molecule has 2 aromatic carbocycles. The van der Waals surface area contributed by atoms with Crippen molar-refractivity contribution < 1.29 is 0 Å². The number of benzene rings is 2. The summed E-state index contributed by atoms with van der Waals surface area (Å²) >= 11 is 12.2. The summed E-state index contributed by atoms with van der Waals surface area (Å²) in [5.41, 5.74) is 2.46. The lowest BCUT2D eigenvalue weighted by Gasteiger charge is -2.11. The van der Waals surface area contributed by atoms with Crippen molar-refractivity contribution in [2.24, 2.45) is 0 Å². The zero-order valence-corrected chi connectivity index (χ0v) is 13.5. The molecule has 0 spiro atoms. The van der Waals surface area contributed by atoms with Gasteiger partial charge in [-0.3, -0.25) is 0 Å². The van der Waals surface area contributed by atoms with E-state index < -0.39 is 0 Å². The van der Waals surface area contributed by atoms with Crippen LogP contribution in [0.15, 0.2) is 48.5 Å². The Labute approximate surface area is 129 Å². The van der Waals surface area contributed by atoms with Crippen molar-refractivity contribution in [3.63, 3.8) is 0 Å². The molecule has 1 atom stereocenters. The van der Waals surface area contributed by atoms with E-state index in [-0.39, 0.29) is 0 Å². The summed E-state index contributed by atoms with van der Waals surface area (Å²) in [7, 11) is 0. The molecule has 0 heterocycles. The van der Waals surface area contributed by atoms with Crippen molar-refractivity contribution in [2.75, 3.05) is 0 Å². The quantitative estimate of drug-likeness (QED) is 0.446. The molecule has 0 aliphatic carbocycles. The van der Waals surface area contributed by atoms with Crippen LogP contribution in [-0.4, -0.2) is 0 Å². The van der Waals surface area contributed by atoms with Crippen LogP contribution in [0.4, 0.5) is 0 Å². The highest BCUT2D eigenvalue weighted by molar-refractivity contribution is 14.1. The summed E-state index contributed by atoms with van der Waals surface area (Å²) in [5.74, 6) is 0. The van der Waals surface area contributed by atoms with Gasteiger partial charge in [-0.1, -0.05) is 57.9 Å². The van der Waals surface area contributed by atoms with Gasteiger partial charge < -0.3 is 0 Å². The third kappa shape index (κ3) is 3.70. The van der Waals surface area contributed by atoms with Gasteiger partial charge in [0.2, 0.25) is 0 Å². The Balaban J connectivity index is 2.17. The van der Waals surface area contributed by atoms with Gasteiger partial charge in [-0.2, -0.15) is 0 Å². The van der Waals surface area contributed by atoms with E-state index in [4.69, 9.17) is 11.6 Å². The fourth-order valence-electron chi connectivity index (χ4n) is 1.68. The van der Waals surface area contributed by atoms with Gasteiger partial charge in [-0.25, -0.2) is 0 Å². The summed E-state index contributed by atoms with van der Waals surface area (Å²) in [6.45, 7) is 0. The molecular formula is C14H11BrClI. The van der Waals surface area contributed by atoms with Crippen molar-refractivity contribution in [2.45, 2.75) is 11.2 Å². The zero-order valence-electron chi connectivity index (χ0n) is 9.04. The van der Waals surface area contributed by atoms with Crippen LogP contribution in [0, 0.1) is 3.57 Å². The van der Waals surface area contributed by atoms with Crippen molar-refractivity contribution in [3.05, 3.63) is 68.3 Å². The van der Waals surface area contributed by atoms with Gasteiger partial charge in [-0.05, 0) is 58.3 Å². The lowest BCUT2D eigenvalue weighted by molar-refractivity contribution is 0.948. The molecule has 0 aromatic heterocycles. The summed E-state index contributed by atoms with van der Waals surface area (Å²) in [6.07, 6.45) is 0.903. The Morgan fingerprint density at radius 2 is 1.88 bits per heavy atom. The monoisotopic (exact) mass is 420 g/mol. The summed E-state index contributed by atoms with van der Waals surface area (Å²) in [5, 5.41) is 0.836. The van der Waals surface area contributed by atoms with Crippen LogP contribution in [0.25, 0.3) is 0 Å². The molecule has 0 aliphatic heterocycles. The Morgan fingerprint density at radius 3 is 2.59 bits per heavy atom. The first-order chi connectivity index (χ1) is 8.16. The van der Waals surface area contributed by atoms with Crippen LogP contribution in [0.5, 0.6) is 0 Å². The maximum atomic E-state index is 6.16. The highest BCUT2D eigenvalue weighted by Crippen LogP contribution is 2.30. The third-order valence-electron chi connectivity index (χ3n) is 2.57. The highest BCUT2D eigenvalue weighted by atomic mass is 127. The van der Waals surface area contributed by atoms with Crippen LogP contribution in [-0.2, 0) is 6.42 Å². The molecule has 0 aliphatic rings. The maximum Gasteiger partial charge on any atom is 0.0438 e. The predicted molar refractivity (Wildman–Crippen MR) is 86.0 cm³/mol. The normalized spacial score (nSPS) is 12.4. The Kier molecular flexibility index (Phi) is 4.88. The van der Waals surface area contributed by atoms with Crippen molar-refractivity contribution in [1.82, 2.24) is 0 Å². The van der Waals surface area contributed by atoms with E-state index in [1.54, 1.807) is 0 Å². The lowest BCUT2D eigenvalue weighted by Crippen LogP contribution is -1.96. The molecule has 0 N–H and O–H groups in total. The first-order valence-corrected chi connectivity index (χ1v) is 7.67. The standard InChI is InChI=1S/C14H11BrClI/c15-13(10-5-3-6-12(17)8-10)9-11-4-1-2-7-14(11)16/h1-8,13H,9H2. The molecule has 0 fully saturated rings. The van der Waals surface area contributed by atoms with Crippen molar-refractivity contribution in [1.29, 1.82) is 0 Å². The smallest absolute Gasteiger partial charge is 0.0438 e. The van der Waals surface area contributed by atoms with Crippen LogP contribution >= 0.6 is 50.1 Å². The van der Waals surface area contributed by atoms with Crippen molar-refractivity contribution in [3.8, 4) is 0 Å². The van der Waals surface area contributed by atoms with Crippen molar-refractivity contribution >= 4 is 50.1 Å². The van der Waals surface area contributed by atoms with Gasteiger partial charge in [-0.15, -0.1) is 0 Å². The van der Waals surface area contributed by atoms with Crippen LogP contribution in [0.3, 0.4) is 0 Å². The molecular weight excluding hydrogens is 410 g/mol. The molecule has 0 saturated carbocycles. The molecule has 0 bridgehead atoms. The lowest BCUT2D eigenvalue weighted by atomic mass is 10.0. The molecule has 1 unspecified atom stereocenters. The van der Waals surface area contributed by atoms with E-state index in [0.717, 1.165) is 11.4 Å². The third-order valence-corrected chi connectivity index (χ3v) is 4.46. The first-order valence-electron chi connectivity index (χ1n) is 5.30. The second-order valence-corrected chi connectivity index (χ2v) is 6.58. The molecule has 88 valence electrons. The predicted octanol–water partition coefficient (Wildman–Crippen LogP) is 5.62. The fourth-order valence-corrected chi connectivity index (χ4v) is 3.09. The fraction of sp³-hybridized carbons (Fsp3) is 0.143. The second-order valence-electron chi connectivity index (χ2n) is 3.82. The first kappa shape index (κ1) is 13.4. The minimum atomic E-state index is 0.303. The molecule has 17 heavy (non-hydrogen) atoms. The highest BCUT2D eigenvalue weighted by Gasteiger charge is 2.10. The van der Waals surface area contributed by atoms with Gasteiger partial charge >= 0.3 is 0 Å². The molecule has 3 heteroatoms. The van der Waals surface area contributed by atoms with Gasteiger partial charge in [0.05, 0.1) is 0 Å². The van der Waals surface area contributed by atoms with E-state index in [1.807, 2.05) is 18.2 Å². The molecule has 0 nitrogen and oxygen atoms in total. The Morgan fingerprint density at radius 1 is 1.12 bits per heavy atom. The number of rotatable bonds is 3. The number of halogens is 3. The largest absolute Gasteiger partial charge is 0.0840 e. The number of alkyl halides is 1. The number of hydrogen-bond acceptors (Lipinski definition) is 0. The molecule has 2 rings (SSSR count). The SMILES string of the molecule is Clc1ccccc1CC(Br)c1cccc(I)c1. The topological polar surface area (TPSA) is 0 Å². The van der Waals surface area contributed by atoms with E-state index in [0.29, 0.717) is 4.83 Å². The van der Waals surface area contributed by atoms with Gasteiger partial charge in [0.15, 0.2) is 0 Å². The summed E-state index contributed by atoms with van der Waals surface area (Å²) in [6, 6.07) is 16.5. The van der Waals surface area contributed by atoms with Crippen LogP contribution in [0.1, 0.15) is 16.0 Å². The minimum absolute atomic E-state index is 0.303. The van der Waals surface area contributed by atoms with Gasteiger partial charge in [0.1, 0.15) is 0 Å². The summed E-state index contributed by atoms with van der Waals surface area (Å²) in [4.78, 5) is 0.303. The number of hydrogen-bond donors (Lipinski definition) is 0. The maximum absolute atomic E-state index is 6.16. The second kappa shape index (κ2) is 6.21. The Hall–Kier alpha value is -0.0600. The Bertz CT molecular complexity index is 513. The van der Waals surface area contributed by atoms with E-state index >= 15 is 0 Å². The average Bonchev–Trinajstić information content (AvgIpc) is 2.32. The zero-order chi connectivity index (χ0) is 12.3. The minimum Gasteiger partial charge on any atom is -0.0840 e. The van der Waals surface area contributed by atoms with Gasteiger partial charge in [0.25, 0.3) is 0 Å². The van der Waals surface area contributed by atoms with E-state index in [2.05, 4.69) is 68.9 Å². The van der Waals surface area contributed by atoms with Crippen LogP contribution < -0.4 is 0 Å². The molecule has 0 saturated heterocycles. The molecule has 2 aromatic rings. The van der Waals surface area contributed by atoms with E-state index in [1.165, 1.54) is 14.7 Å². The van der Waals surface area contributed by atoms with Gasteiger partial charge in [0, 0.05) is 13.4 Å². The van der Waals surface area contributed by atoms with Crippen LogP contribution in [0.2, 0.25) is 5.02 Å². The van der Waals surface area contributed by atoms with E-state index in [9.17, 15) is 0 Å². The molecule has 0 radical (unpaired) electrons. The average molecular weight is 422 g/mol.